The molecule has 0 fully saturated rings. The van der Waals surface area contributed by atoms with E-state index < -0.39 is 17.8 Å². The van der Waals surface area contributed by atoms with Gasteiger partial charge in [-0.3, -0.25) is 14.8 Å². The van der Waals surface area contributed by atoms with Crippen LogP contribution in [0.2, 0.25) is 0 Å². The number of pyridine rings is 1. The van der Waals surface area contributed by atoms with Crippen molar-refractivity contribution < 1.29 is 18.0 Å². The summed E-state index contributed by atoms with van der Waals surface area (Å²) in [6.45, 7) is 8.41. The first-order valence-corrected chi connectivity index (χ1v) is 11.6. The molecular weight excluding hydrogens is 455 g/mol. The van der Waals surface area contributed by atoms with Crippen LogP contribution in [-0.4, -0.2) is 38.4 Å². The Morgan fingerprint density at radius 1 is 1.26 bits per heavy atom. The number of rotatable bonds is 4. The fourth-order valence-electron chi connectivity index (χ4n) is 3.89. The third-order valence-electron chi connectivity index (χ3n) is 5.96. The predicted octanol–water partition coefficient (Wildman–Crippen LogP) is 5.12. The highest BCUT2D eigenvalue weighted by Gasteiger charge is 2.18. The maximum absolute atomic E-state index is 14.5. The van der Waals surface area contributed by atoms with Gasteiger partial charge in [0.05, 0.1) is 29.5 Å². The Labute approximate surface area is 202 Å². The van der Waals surface area contributed by atoms with Gasteiger partial charge in [-0.15, -0.1) is 0 Å². The van der Waals surface area contributed by atoms with Crippen LogP contribution in [0.4, 0.5) is 13.2 Å². The van der Waals surface area contributed by atoms with Gasteiger partial charge in [-0.2, -0.15) is 0 Å². The lowest BCUT2D eigenvalue weighted by Crippen LogP contribution is -2.32. The largest absolute Gasteiger partial charge is 0.339 e. The highest BCUT2D eigenvalue weighted by atomic mass is 19.3. The summed E-state index contributed by atoms with van der Waals surface area (Å²) in [4.78, 5) is 27.0. The van der Waals surface area contributed by atoms with Crippen LogP contribution >= 0.6 is 0 Å². The number of aromatic nitrogens is 3. The minimum Gasteiger partial charge on any atom is -0.339 e. The quantitative estimate of drug-likeness (QED) is 0.516. The first-order valence-electron chi connectivity index (χ1n) is 11.6. The Balaban J connectivity index is 0.00000167. The third kappa shape index (κ3) is 5.61. The fourth-order valence-corrected chi connectivity index (χ4v) is 3.89. The Kier molecular flexibility index (Phi) is 8.43. The summed E-state index contributed by atoms with van der Waals surface area (Å²) in [6.07, 6.45) is 1.53. The molecule has 4 rings (SSSR count). The molecule has 0 spiro atoms. The maximum Gasteiger partial charge on any atom is 0.266 e. The number of hydrogen-bond acceptors (Lipinski definition) is 4. The Hall–Kier alpha value is -3.49. The van der Waals surface area contributed by atoms with Crippen molar-refractivity contribution >= 4 is 22.4 Å². The molecular formula is C26H30F3N5O. The van der Waals surface area contributed by atoms with E-state index in [1.807, 2.05) is 44.5 Å². The highest BCUT2D eigenvalue weighted by molar-refractivity contribution is 5.82. The Morgan fingerprint density at radius 2 is 2.00 bits per heavy atom. The molecule has 186 valence electrons. The third-order valence-corrected chi connectivity index (χ3v) is 5.96. The molecule has 0 radical (unpaired) electrons. The summed E-state index contributed by atoms with van der Waals surface area (Å²) in [5.41, 5.74) is 2.44. The van der Waals surface area contributed by atoms with Crippen LogP contribution in [0.15, 0.2) is 41.5 Å². The van der Waals surface area contributed by atoms with Gasteiger partial charge in [-0.05, 0) is 25.0 Å². The van der Waals surface area contributed by atoms with E-state index in [0.717, 1.165) is 28.2 Å². The molecule has 0 aliphatic carbocycles. The van der Waals surface area contributed by atoms with Gasteiger partial charge >= 0.3 is 0 Å². The molecule has 6 nitrogen and oxygen atoms in total. The SMILES string of the molecule is CC.CC(=O)N1CC=C(c2cc3c(=NCc4cccc(C(F)F)c4F)nc(C)n(C)c3cn2)CC1. The maximum atomic E-state index is 14.5. The number of benzene rings is 1. The lowest BCUT2D eigenvalue weighted by atomic mass is 10.0. The van der Waals surface area contributed by atoms with Gasteiger partial charge in [-0.25, -0.2) is 18.2 Å². The monoisotopic (exact) mass is 485 g/mol. The van der Waals surface area contributed by atoms with E-state index in [0.29, 0.717) is 30.8 Å². The number of hydrogen-bond donors (Lipinski definition) is 0. The normalized spacial score (nSPS) is 14.1. The molecule has 1 aromatic carbocycles. The average Bonchev–Trinajstić information content (AvgIpc) is 2.87. The second kappa shape index (κ2) is 11.3. The standard InChI is InChI=1S/C24H24F3N5O.C2H6/c1-14-30-24(29-12-17-5-4-6-18(22(17)25)23(26)27)19-11-20(28-13-21(19)31(14)3)16-7-9-32(10-8-16)15(2)33;1-2/h4-7,11,13,23H,8-10,12H2,1-3H3;1-2H3. The number of halogens is 3. The predicted molar refractivity (Wildman–Crippen MR) is 130 cm³/mol. The van der Waals surface area contributed by atoms with E-state index in [2.05, 4.69) is 15.0 Å². The van der Waals surface area contributed by atoms with Crippen molar-refractivity contribution in [2.24, 2.45) is 12.0 Å². The summed E-state index contributed by atoms with van der Waals surface area (Å²) < 4.78 is 42.4. The van der Waals surface area contributed by atoms with Crippen molar-refractivity contribution in [2.45, 2.75) is 47.1 Å². The van der Waals surface area contributed by atoms with Gasteiger partial charge in [0.2, 0.25) is 5.91 Å². The van der Waals surface area contributed by atoms with Gasteiger partial charge in [-0.1, -0.05) is 38.1 Å². The molecule has 0 atom stereocenters. The molecule has 0 bridgehead atoms. The minimum absolute atomic E-state index is 0.0349. The minimum atomic E-state index is -2.89. The molecule has 0 saturated heterocycles. The molecule has 3 heterocycles. The summed E-state index contributed by atoms with van der Waals surface area (Å²) in [5, 5.41) is 0.730. The van der Waals surface area contributed by atoms with Gasteiger partial charge < -0.3 is 9.47 Å². The summed E-state index contributed by atoms with van der Waals surface area (Å²) >= 11 is 0. The smallest absolute Gasteiger partial charge is 0.266 e. The van der Waals surface area contributed by atoms with Crippen LogP contribution in [0.1, 0.15) is 56.3 Å². The second-order valence-corrected chi connectivity index (χ2v) is 8.01. The number of carbonyl (C=O) groups is 1. The molecule has 1 amide bonds. The molecule has 9 heteroatoms. The number of amides is 1. The van der Waals surface area contributed by atoms with Crippen LogP contribution in [-0.2, 0) is 18.4 Å². The number of alkyl halides is 2. The average molecular weight is 486 g/mol. The number of nitrogens with zero attached hydrogens (tertiary/aromatic N) is 5. The molecule has 35 heavy (non-hydrogen) atoms. The number of aryl methyl sites for hydroxylation is 2. The van der Waals surface area contributed by atoms with Crippen LogP contribution < -0.4 is 5.49 Å². The lowest BCUT2D eigenvalue weighted by Gasteiger charge is -2.25. The Morgan fingerprint density at radius 3 is 2.63 bits per heavy atom. The van der Waals surface area contributed by atoms with Crippen molar-refractivity contribution in [3.05, 3.63) is 70.5 Å². The van der Waals surface area contributed by atoms with Crippen molar-refractivity contribution in [3.8, 4) is 0 Å². The highest BCUT2D eigenvalue weighted by Crippen LogP contribution is 2.25. The zero-order chi connectivity index (χ0) is 25.7. The molecule has 2 aromatic heterocycles. The van der Waals surface area contributed by atoms with Crippen molar-refractivity contribution in [3.63, 3.8) is 0 Å². The van der Waals surface area contributed by atoms with Gasteiger partial charge in [0.1, 0.15) is 11.6 Å². The van der Waals surface area contributed by atoms with E-state index in [-0.39, 0.29) is 18.0 Å². The van der Waals surface area contributed by atoms with Crippen molar-refractivity contribution in [1.82, 2.24) is 19.4 Å². The molecule has 0 N–H and O–H groups in total. The molecule has 0 saturated carbocycles. The topological polar surface area (TPSA) is 63.4 Å². The van der Waals surface area contributed by atoms with Gasteiger partial charge in [0.25, 0.3) is 6.43 Å². The number of fused-ring (bicyclic) bond motifs is 1. The van der Waals surface area contributed by atoms with Gasteiger partial charge in [0, 0.05) is 38.0 Å². The molecule has 3 aromatic rings. The van der Waals surface area contributed by atoms with Crippen molar-refractivity contribution in [1.29, 1.82) is 0 Å². The van der Waals surface area contributed by atoms with Gasteiger partial charge in [0.15, 0.2) is 5.49 Å². The molecule has 0 unspecified atom stereocenters. The Bertz CT molecular complexity index is 1330. The van der Waals surface area contributed by atoms with Crippen LogP contribution in [0.25, 0.3) is 16.5 Å². The van der Waals surface area contributed by atoms with E-state index in [1.165, 1.54) is 12.1 Å². The lowest BCUT2D eigenvalue weighted by molar-refractivity contribution is -0.128. The van der Waals surface area contributed by atoms with Crippen LogP contribution in [0.3, 0.4) is 0 Å². The zero-order valence-corrected chi connectivity index (χ0v) is 20.6. The van der Waals surface area contributed by atoms with Crippen LogP contribution in [0.5, 0.6) is 0 Å². The summed E-state index contributed by atoms with van der Waals surface area (Å²) in [5.74, 6) is -0.220. The van der Waals surface area contributed by atoms with E-state index in [4.69, 9.17) is 0 Å². The van der Waals surface area contributed by atoms with Crippen LogP contribution in [0, 0.1) is 12.7 Å². The van der Waals surface area contributed by atoms with E-state index in [1.54, 1.807) is 18.0 Å². The first-order chi connectivity index (χ1) is 16.8. The van der Waals surface area contributed by atoms with E-state index in [9.17, 15) is 18.0 Å². The molecule has 1 aliphatic rings. The zero-order valence-electron chi connectivity index (χ0n) is 20.6. The first kappa shape index (κ1) is 26.1. The fraction of sp³-hybridized carbons (Fsp3) is 0.385. The molecule has 1 aliphatic heterocycles. The van der Waals surface area contributed by atoms with Crippen molar-refractivity contribution in [2.75, 3.05) is 13.1 Å². The summed E-state index contributed by atoms with van der Waals surface area (Å²) in [6, 6.07) is 5.82. The summed E-state index contributed by atoms with van der Waals surface area (Å²) in [7, 11) is 1.87. The second-order valence-electron chi connectivity index (χ2n) is 8.01. The van der Waals surface area contributed by atoms with E-state index >= 15 is 0 Å². The number of carbonyl (C=O) groups excluding carboxylic acids is 1.